The number of likely N-dealkylation sites (N-methyl/N-ethyl adjacent to an activating group) is 1. The summed E-state index contributed by atoms with van der Waals surface area (Å²) >= 11 is 0. The number of esters is 1. The quantitative estimate of drug-likeness (QED) is 0.664. The number of hydrogen-bond acceptors (Lipinski definition) is 6. The number of piperazine rings is 1. The third kappa shape index (κ3) is 6.48. The summed E-state index contributed by atoms with van der Waals surface area (Å²) < 4.78 is 10.2. The highest BCUT2D eigenvalue weighted by molar-refractivity contribution is 5.71. The van der Waals surface area contributed by atoms with Gasteiger partial charge in [-0.1, -0.05) is 19.1 Å². The minimum atomic E-state index is -0.367. The summed E-state index contributed by atoms with van der Waals surface area (Å²) in [4.78, 5) is 16.4. The van der Waals surface area contributed by atoms with Crippen molar-refractivity contribution in [2.24, 2.45) is 0 Å². The number of benzene rings is 1. The van der Waals surface area contributed by atoms with Crippen LogP contribution in [0.3, 0.4) is 0 Å². The highest BCUT2D eigenvalue weighted by Crippen LogP contribution is 2.25. The van der Waals surface area contributed by atoms with E-state index in [1.165, 1.54) is 25.8 Å². The minimum absolute atomic E-state index is 0.0570. The van der Waals surface area contributed by atoms with E-state index >= 15 is 0 Å². The smallest absolute Gasteiger partial charge is 0.343 e. The largest absolute Gasteiger partial charge is 0.481 e. The van der Waals surface area contributed by atoms with E-state index < -0.39 is 0 Å². The van der Waals surface area contributed by atoms with Crippen molar-refractivity contribution in [3.8, 4) is 5.75 Å². The molecule has 0 bridgehead atoms. The first-order chi connectivity index (χ1) is 12.9. The molecule has 1 fully saturated rings. The van der Waals surface area contributed by atoms with Crippen molar-refractivity contribution in [2.45, 2.75) is 40.3 Å². The van der Waals surface area contributed by atoms with Gasteiger partial charge >= 0.3 is 5.97 Å². The Hall–Kier alpha value is -1.63. The molecule has 0 aliphatic carbocycles. The number of aryl methyl sites for hydroxylation is 2. The van der Waals surface area contributed by atoms with Gasteiger partial charge in [0, 0.05) is 45.3 Å². The molecule has 0 spiro atoms. The maximum atomic E-state index is 11.3. The molecule has 6 nitrogen and oxygen atoms in total. The third-order valence-corrected chi connectivity index (χ3v) is 5.33. The second-order valence-corrected chi connectivity index (χ2v) is 7.37. The van der Waals surface area contributed by atoms with Gasteiger partial charge in [0.1, 0.15) is 5.75 Å². The van der Waals surface area contributed by atoms with Crippen molar-refractivity contribution >= 4 is 5.97 Å². The molecule has 0 amide bonds. The van der Waals surface area contributed by atoms with Gasteiger partial charge in [0.15, 0.2) is 6.61 Å². The van der Waals surface area contributed by atoms with Crippen LogP contribution >= 0.6 is 0 Å². The maximum Gasteiger partial charge on any atom is 0.343 e. The van der Waals surface area contributed by atoms with Crippen LogP contribution in [-0.4, -0.2) is 74.8 Å². The minimum Gasteiger partial charge on any atom is -0.481 e. The van der Waals surface area contributed by atoms with Gasteiger partial charge in [0.2, 0.25) is 0 Å². The van der Waals surface area contributed by atoms with E-state index in [4.69, 9.17) is 4.74 Å². The fraction of sp³-hybridized carbons (Fsp3) is 0.667. The molecule has 1 aromatic rings. The van der Waals surface area contributed by atoms with Crippen LogP contribution < -0.4 is 10.1 Å². The highest BCUT2D eigenvalue weighted by Gasteiger charge is 2.19. The molecule has 0 radical (unpaired) electrons. The number of ether oxygens (including phenoxy) is 2. The predicted molar refractivity (Wildman–Crippen MR) is 108 cm³/mol. The monoisotopic (exact) mass is 377 g/mol. The molecular formula is C21H35N3O3. The molecule has 1 heterocycles. The average Bonchev–Trinajstić information content (AvgIpc) is 2.67. The van der Waals surface area contributed by atoms with Crippen molar-refractivity contribution in [1.29, 1.82) is 0 Å². The number of carbonyl (C=O) groups excluding carboxylic acids is 1. The average molecular weight is 378 g/mol. The van der Waals surface area contributed by atoms with Gasteiger partial charge < -0.3 is 19.7 Å². The lowest BCUT2D eigenvalue weighted by Crippen LogP contribution is -2.51. The van der Waals surface area contributed by atoms with Gasteiger partial charge in [-0.15, -0.1) is 0 Å². The van der Waals surface area contributed by atoms with E-state index in [1.54, 1.807) is 0 Å². The molecule has 1 saturated heterocycles. The van der Waals surface area contributed by atoms with Crippen molar-refractivity contribution in [3.63, 3.8) is 0 Å². The normalized spacial score (nSPS) is 16.9. The summed E-state index contributed by atoms with van der Waals surface area (Å²) in [6.07, 6.45) is 0. The van der Waals surface area contributed by atoms with Crippen LogP contribution in [0, 0.1) is 13.8 Å². The second-order valence-electron chi connectivity index (χ2n) is 7.37. The Bertz CT molecular complexity index is 590. The Morgan fingerprint density at radius 2 is 1.81 bits per heavy atom. The van der Waals surface area contributed by atoms with Gasteiger partial charge in [0.25, 0.3) is 0 Å². The van der Waals surface area contributed by atoms with Crippen LogP contribution in [-0.2, 0) is 16.1 Å². The van der Waals surface area contributed by atoms with E-state index in [2.05, 4.69) is 45.8 Å². The van der Waals surface area contributed by atoms with Crippen LogP contribution in [0.5, 0.6) is 5.75 Å². The van der Waals surface area contributed by atoms with Gasteiger partial charge in [-0.25, -0.2) is 4.79 Å². The Balaban J connectivity index is 1.81. The lowest BCUT2D eigenvalue weighted by atomic mass is 10.1. The maximum absolute atomic E-state index is 11.3. The number of carbonyl (C=O) groups is 1. The fourth-order valence-corrected chi connectivity index (χ4v) is 3.63. The number of nitrogens with zero attached hydrogens (tertiary/aromatic N) is 2. The summed E-state index contributed by atoms with van der Waals surface area (Å²) in [6.45, 7) is 16.1. The summed E-state index contributed by atoms with van der Waals surface area (Å²) in [5.74, 6) is 0.402. The molecular weight excluding hydrogens is 342 g/mol. The van der Waals surface area contributed by atoms with Crippen molar-refractivity contribution in [3.05, 3.63) is 28.8 Å². The van der Waals surface area contributed by atoms with Gasteiger partial charge in [0.05, 0.1) is 7.11 Å². The Labute approximate surface area is 163 Å². The zero-order valence-corrected chi connectivity index (χ0v) is 17.5. The lowest BCUT2D eigenvalue weighted by Gasteiger charge is -2.37. The van der Waals surface area contributed by atoms with E-state index in [9.17, 15) is 4.79 Å². The van der Waals surface area contributed by atoms with Gasteiger partial charge in [-0.2, -0.15) is 0 Å². The predicted octanol–water partition coefficient (Wildman–Crippen LogP) is 1.97. The molecule has 152 valence electrons. The van der Waals surface area contributed by atoms with Crippen molar-refractivity contribution in [1.82, 2.24) is 15.1 Å². The molecule has 6 heteroatoms. The molecule has 1 aliphatic rings. The van der Waals surface area contributed by atoms with E-state index in [0.29, 0.717) is 6.04 Å². The first-order valence-corrected chi connectivity index (χ1v) is 9.91. The highest BCUT2D eigenvalue weighted by atomic mass is 16.6. The molecule has 27 heavy (non-hydrogen) atoms. The van der Waals surface area contributed by atoms with E-state index in [-0.39, 0.29) is 12.6 Å². The van der Waals surface area contributed by atoms with Gasteiger partial charge in [-0.3, -0.25) is 4.90 Å². The number of rotatable bonds is 9. The SMILES string of the molecule is CCN1CCN(C(C)CNCc2cc(C)c(OCC(=O)OC)c(C)c2)CC1. The Kier molecular flexibility index (Phi) is 8.54. The number of methoxy groups -OCH3 is 1. The van der Waals surface area contributed by atoms with E-state index in [1.807, 2.05) is 13.8 Å². The first kappa shape index (κ1) is 21.7. The number of nitrogens with one attached hydrogen (secondary N) is 1. The number of hydrogen-bond donors (Lipinski definition) is 1. The summed E-state index contributed by atoms with van der Waals surface area (Å²) in [5.41, 5.74) is 3.32. The molecule has 2 rings (SSSR count). The van der Waals surface area contributed by atoms with E-state index in [0.717, 1.165) is 49.6 Å². The van der Waals surface area contributed by atoms with Crippen molar-refractivity contribution in [2.75, 3.05) is 53.0 Å². The summed E-state index contributed by atoms with van der Waals surface area (Å²) in [7, 11) is 1.37. The topological polar surface area (TPSA) is 54.0 Å². The lowest BCUT2D eigenvalue weighted by molar-refractivity contribution is -0.142. The summed E-state index contributed by atoms with van der Waals surface area (Å²) in [6, 6.07) is 4.78. The summed E-state index contributed by atoms with van der Waals surface area (Å²) in [5, 5.41) is 3.59. The van der Waals surface area contributed by atoms with Gasteiger partial charge in [-0.05, 0) is 44.0 Å². The van der Waals surface area contributed by atoms with Crippen LogP contribution in [0.4, 0.5) is 0 Å². The third-order valence-electron chi connectivity index (χ3n) is 5.33. The molecule has 0 saturated carbocycles. The fourth-order valence-electron chi connectivity index (χ4n) is 3.63. The van der Waals surface area contributed by atoms with Crippen molar-refractivity contribution < 1.29 is 14.3 Å². The molecule has 1 atom stereocenters. The van der Waals surface area contributed by atoms with Crippen LogP contribution in [0.15, 0.2) is 12.1 Å². The molecule has 1 aromatic carbocycles. The molecule has 1 N–H and O–H groups in total. The van der Waals surface area contributed by atoms with Crippen LogP contribution in [0.25, 0.3) is 0 Å². The van der Waals surface area contributed by atoms with Crippen LogP contribution in [0.1, 0.15) is 30.5 Å². The zero-order valence-electron chi connectivity index (χ0n) is 17.5. The molecule has 0 aromatic heterocycles. The Morgan fingerprint density at radius 3 is 2.37 bits per heavy atom. The standard InChI is InChI=1S/C21H35N3O3/c1-6-23-7-9-24(10-8-23)18(4)13-22-14-19-11-16(2)21(17(3)12-19)27-15-20(25)26-5/h11-12,18,22H,6-10,13-15H2,1-5H3. The molecule has 1 unspecified atom stereocenters. The second kappa shape index (κ2) is 10.6. The zero-order chi connectivity index (χ0) is 19.8. The van der Waals surface area contributed by atoms with Crippen LogP contribution in [0.2, 0.25) is 0 Å². The first-order valence-electron chi connectivity index (χ1n) is 9.91. The Morgan fingerprint density at radius 1 is 1.19 bits per heavy atom. The molecule has 1 aliphatic heterocycles.